The Hall–Kier alpha value is -1.22. The molecule has 0 radical (unpaired) electrons. The third kappa shape index (κ3) is 3.63. The van der Waals surface area contributed by atoms with Crippen LogP contribution in [0.5, 0.6) is 5.75 Å². The van der Waals surface area contributed by atoms with E-state index >= 15 is 0 Å². The molecule has 19 heavy (non-hydrogen) atoms. The number of aryl methyl sites for hydroxylation is 1. The van der Waals surface area contributed by atoms with Crippen LogP contribution in [0.25, 0.3) is 0 Å². The van der Waals surface area contributed by atoms with Crippen LogP contribution in [-0.2, 0) is 6.42 Å². The van der Waals surface area contributed by atoms with Crippen LogP contribution in [0.2, 0.25) is 0 Å². The molecule has 3 heteroatoms. The van der Waals surface area contributed by atoms with Gasteiger partial charge in [0.2, 0.25) is 0 Å². The highest BCUT2D eigenvalue weighted by Gasteiger charge is 2.23. The van der Waals surface area contributed by atoms with E-state index in [0.29, 0.717) is 0 Å². The summed E-state index contributed by atoms with van der Waals surface area (Å²) in [7, 11) is 2.07. The molecule has 0 amide bonds. The van der Waals surface area contributed by atoms with Gasteiger partial charge in [0, 0.05) is 12.6 Å². The van der Waals surface area contributed by atoms with E-state index in [-0.39, 0.29) is 11.8 Å². The van der Waals surface area contributed by atoms with Crippen molar-refractivity contribution in [3.8, 4) is 5.75 Å². The SMILES string of the molecule is CC1Oc2cc(CCCNC(C)(C)C)ccc2N1C. The third-order valence-corrected chi connectivity index (χ3v) is 3.54. The largest absolute Gasteiger partial charge is 0.469 e. The molecule has 2 rings (SSSR count). The highest BCUT2D eigenvalue weighted by Crippen LogP contribution is 2.36. The highest BCUT2D eigenvalue weighted by atomic mass is 16.5. The van der Waals surface area contributed by atoms with Gasteiger partial charge in [-0.05, 0) is 64.8 Å². The average molecular weight is 262 g/mol. The van der Waals surface area contributed by atoms with Crippen LogP contribution in [0, 0.1) is 0 Å². The lowest BCUT2D eigenvalue weighted by molar-refractivity contribution is 0.251. The third-order valence-electron chi connectivity index (χ3n) is 3.54. The summed E-state index contributed by atoms with van der Waals surface area (Å²) in [5, 5.41) is 3.52. The fourth-order valence-electron chi connectivity index (χ4n) is 2.31. The Kier molecular flexibility index (Phi) is 4.04. The van der Waals surface area contributed by atoms with Crippen LogP contribution in [0.1, 0.15) is 39.7 Å². The molecule has 1 heterocycles. The van der Waals surface area contributed by atoms with Gasteiger partial charge in [0.15, 0.2) is 6.23 Å². The summed E-state index contributed by atoms with van der Waals surface area (Å²) in [6.45, 7) is 9.74. The molecule has 1 aliphatic rings. The van der Waals surface area contributed by atoms with Crippen LogP contribution in [0.4, 0.5) is 5.69 Å². The van der Waals surface area contributed by atoms with E-state index in [0.717, 1.165) is 25.1 Å². The van der Waals surface area contributed by atoms with Gasteiger partial charge >= 0.3 is 0 Å². The normalized spacial score (nSPS) is 18.4. The predicted molar refractivity (Wildman–Crippen MR) is 81.0 cm³/mol. The Balaban J connectivity index is 1.88. The van der Waals surface area contributed by atoms with E-state index < -0.39 is 0 Å². The molecule has 1 atom stereocenters. The van der Waals surface area contributed by atoms with Gasteiger partial charge in [-0.1, -0.05) is 6.07 Å². The number of fused-ring (bicyclic) bond motifs is 1. The zero-order valence-electron chi connectivity index (χ0n) is 12.8. The van der Waals surface area contributed by atoms with E-state index in [9.17, 15) is 0 Å². The van der Waals surface area contributed by atoms with Gasteiger partial charge in [0.25, 0.3) is 0 Å². The van der Waals surface area contributed by atoms with Crippen molar-refractivity contribution in [3.05, 3.63) is 23.8 Å². The molecule has 1 aromatic carbocycles. The van der Waals surface area contributed by atoms with E-state index in [1.807, 2.05) is 0 Å². The Morgan fingerprint density at radius 2 is 2.05 bits per heavy atom. The van der Waals surface area contributed by atoms with Crippen molar-refractivity contribution >= 4 is 5.69 Å². The van der Waals surface area contributed by atoms with E-state index in [2.05, 4.69) is 63.2 Å². The molecule has 1 unspecified atom stereocenters. The second kappa shape index (κ2) is 5.41. The first-order chi connectivity index (χ1) is 8.87. The minimum absolute atomic E-state index is 0.146. The predicted octanol–water partition coefficient (Wildman–Crippen LogP) is 3.18. The number of hydrogen-bond acceptors (Lipinski definition) is 3. The summed E-state index contributed by atoms with van der Waals surface area (Å²) < 4.78 is 5.83. The minimum atomic E-state index is 0.146. The van der Waals surface area contributed by atoms with Crippen LogP contribution >= 0.6 is 0 Å². The topological polar surface area (TPSA) is 24.5 Å². The molecule has 3 nitrogen and oxygen atoms in total. The first-order valence-electron chi connectivity index (χ1n) is 7.14. The lowest BCUT2D eigenvalue weighted by Gasteiger charge is -2.20. The van der Waals surface area contributed by atoms with Crippen molar-refractivity contribution in [2.45, 2.75) is 52.3 Å². The fourth-order valence-corrected chi connectivity index (χ4v) is 2.31. The number of benzene rings is 1. The zero-order chi connectivity index (χ0) is 14.0. The smallest absolute Gasteiger partial charge is 0.169 e. The summed E-state index contributed by atoms with van der Waals surface area (Å²) in [6, 6.07) is 6.57. The number of hydrogen-bond donors (Lipinski definition) is 1. The highest BCUT2D eigenvalue weighted by molar-refractivity contribution is 5.62. The zero-order valence-corrected chi connectivity index (χ0v) is 12.8. The molecule has 0 aromatic heterocycles. The minimum Gasteiger partial charge on any atom is -0.469 e. The van der Waals surface area contributed by atoms with Gasteiger partial charge in [-0.2, -0.15) is 0 Å². The molecular formula is C16H26N2O. The lowest BCUT2D eigenvalue weighted by Crippen LogP contribution is -2.36. The van der Waals surface area contributed by atoms with Crippen LogP contribution < -0.4 is 15.0 Å². The summed E-state index contributed by atoms with van der Waals surface area (Å²) in [5.41, 5.74) is 2.76. The molecule has 1 N–H and O–H groups in total. The van der Waals surface area contributed by atoms with Crippen molar-refractivity contribution in [3.63, 3.8) is 0 Å². The summed E-state index contributed by atoms with van der Waals surface area (Å²) in [4.78, 5) is 2.17. The second-order valence-electron chi connectivity index (χ2n) is 6.41. The van der Waals surface area contributed by atoms with Crippen molar-refractivity contribution in [2.75, 3.05) is 18.5 Å². The number of rotatable bonds is 4. The van der Waals surface area contributed by atoms with Gasteiger partial charge in [-0.15, -0.1) is 0 Å². The fraction of sp³-hybridized carbons (Fsp3) is 0.625. The number of nitrogens with zero attached hydrogens (tertiary/aromatic N) is 1. The molecule has 0 spiro atoms. The quantitative estimate of drug-likeness (QED) is 0.843. The van der Waals surface area contributed by atoms with Crippen molar-refractivity contribution in [1.82, 2.24) is 5.32 Å². The van der Waals surface area contributed by atoms with E-state index in [1.165, 1.54) is 11.3 Å². The standard InChI is InChI=1S/C16H26N2O/c1-12-18(5)14-9-8-13(11-15(14)19-12)7-6-10-17-16(2,3)4/h8-9,11-12,17H,6-7,10H2,1-5H3. The maximum absolute atomic E-state index is 5.83. The average Bonchev–Trinajstić information content (AvgIpc) is 2.59. The molecule has 0 bridgehead atoms. The number of anilines is 1. The van der Waals surface area contributed by atoms with Gasteiger partial charge < -0.3 is 15.0 Å². The molecule has 106 valence electrons. The Labute approximate surface area is 116 Å². The maximum Gasteiger partial charge on any atom is 0.169 e. The van der Waals surface area contributed by atoms with Crippen LogP contribution in [0.15, 0.2) is 18.2 Å². The van der Waals surface area contributed by atoms with Crippen molar-refractivity contribution in [1.29, 1.82) is 0 Å². The van der Waals surface area contributed by atoms with Gasteiger partial charge in [-0.3, -0.25) is 0 Å². The van der Waals surface area contributed by atoms with Crippen molar-refractivity contribution < 1.29 is 4.74 Å². The maximum atomic E-state index is 5.83. The molecule has 1 aliphatic heterocycles. The molecular weight excluding hydrogens is 236 g/mol. The Bertz CT molecular complexity index is 437. The van der Waals surface area contributed by atoms with Gasteiger partial charge in [-0.25, -0.2) is 0 Å². The summed E-state index contributed by atoms with van der Waals surface area (Å²) >= 11 is 0. The molecule has 0 fully saturated rings. The Morgan fingerprint density at radius 3 is 2.74 bits per heavy atom. The first-order valence-corrected chi connectivity index (χ1v) is 7.14. The molecule has 0 saturated heterocycles. The van der Waals surface area contributed by atoms with E-state index in [1.54, 1.807) is 0 Å². The lowest BCUT2D eigenvalue weighted by atomic mass is 10.1. The van der Waals surface area contributed by atoms with Crippen molar-refractivity contribution in [2.24, 2.45) is 0 Å². The van der Waals surface area contributed by atoms with Gasteiger partial charge in [0.05, 0.1) is 5.69 Å². The second-order valence-corrected chi connectivity index (χ2v) is 6.41. The monoisotopic (exact) mass is 262 g/mol. The first kappa shape index (κ1) is 14.2. The molecule has 0 saturated carbocycles. The number of ether oxygens (including phenoxy) is 1. The molecule has 0 aliphatic carbocycles. The summed E-state index contributed by atoms with van der Waals surface area (Å²) in [5.74, 6) is 1.02. The number of nitrogens with one attached hydrogen (secondary N) is 1. The van der Waals surface area contributed by atoms with Crippen LogP contribution in [-0.4, -0.2) is 25.4 Å². The summed E-state index contributed by atoms with van der Waals surface area (Å²) in [6.07, 6.45) is 2.40. The van der Waals surface area contributed by atoms with E-state index in [4.69, 9.17) is 4.74 Å². The van der Waals surface area contributed by atoms with Crippen LogP contribution in [0.3, 0.4) is 0 Å². The molecule has 1 aromatic rings. The van der Waals surface area contributed by atoms with Gasteiger partial charge in [0.1, 0.15) is 5.75 Å². The Morgan fingerprint density at radius 1 is 1.32 bits per heavy atom.